The van der Waals surface area contributed by atoms with E-state index in [-0.39, 0.29) is 5.97 Å². The molecule has 3 nitrogen and oxygen atoms in total. The fraction of sp³-hybridized carbons (Fsp3) is 0.933. The van der Waals surface area contributed by atoms with Gasteiger partial charge in [0.15, 0.2) is 0 Å². The van der Waals surface area contributed by atoms with Crippen LogP contribution in [0, 0.1) is 0 Å². The van der Waals surface area contributed by atoms with E-state index in [1.54, 1.807) is 0 Å². The first-order valence-corrected chi connectivity index (χ1v) is 9.08. The van der Waals surface area contributed by atoms with Gasteiger partial charge in [-0.1, -0.05) is 26.2 Å². The van der Waals surface area contributed by atoms with E-state index in [1.165, 1.54) is 51.4 Å². The molecule has 0 aliphatic rings. The summed E-state index contributed by atoms with van der Waals surface area (Å²) in [5, 5.41) is 0.587. The van der Waals surface area contributed by atoms with Gasteiger partial charge >= 0.3 is 100 Å². The van der Waals surface area contributed by atoms with E-state index < -0.39 is 6.04 Å². The molecule has 2 N–H and O–H groups in total. The first kappa shape index (κ1) is 18.9. The molecule has 0 aromatic heterocycles. The zero-order valence-electron chi connectivity index (χ0n) is 12.4. The van der Waals surface area contributed by atoms with Gasteiger partial charge in [-0.3, -0.25) is 0 Å². The van der Waals surface area contributed by atoms with Gasteiger partial charge in [0.05, 0.1) is 0 Å². The summed E-state index contributed by atoms with van der Waals surface area (Å²) < 4.78 is 5.09. The molecule has 19 heavy (non-hydrogen) atoms. The van der Waals surface area contributed by atoms with Crippen molar-refractivity contribution in [3.8, 4) is 0 Å². The summed E-state index contributed by atoms with van der Waals surface area (Å²) in [6, 6.07) is -0.469. The van der Waals surface area contributed by atoms with Gasteiger partial charge in [-0.15, -0.1) is 0 Å². The molecule has 0 heterocycles. The average Bonchev–Trinajstić information content (AvgIpc) is 2.43. The minimum absolute atomic E-state index is 0.267. The van der Waals surface area contributed by atoms with Gasteiger partial charge in [0.2, 0.25) is 0 Å². The molecule has 0 unspecified atom stereocenters. The third-order valence-corrected chi connectivity index (χ3v) is 4.07. The maximum atomic E-state index is 11.3. The third kappa shape index (κ3) is 12.7. The molecule has 0 aromatic rings. The molecule has 0 amide bonds. The Morgan fingerprint density at radius 2 is 1.47 bits per heavy atom. The number of nitrogens with two attached hydrogens (primary N) is 1. The number of ether oxygens (including phenoxy) is 1. The zero-order chi connectivity index (χ0) is 14.3. The van der Waals surface area contributed by atoms with Crippen molar-refractivity contribution in [1.82, 2.24) is 0 Å². The number of hydrogen-bond acceptors (Lipinski definition) is 3. The molecular formula is C15H31NO2Se. The predicted octanol–water partition coefficient (Wildman–Crippen LogP) is 3.10. The second kappa shape index (κ2) is 14.4. The van der Waals surface area contributed by atoms with Gasteiger partial charge in [-0.25, -0.2) is 0 Å². The first-order chi connectivity index (χ1) is 9.22. The molecule has 0 aliphatic carbocycles. The summed E-state index contributed by atoms with van der Waals surface area (Å²) in [7, 11) is 0. The quantitative estimate of drug-likeness (QED) is 0.319. The molecular weight excluding hydrogens is 305 g/mol. The fourth-order valence-corrected chi connectivity index (χ4v) is 2.26. The van der Waals surface area contributed by atoms with E-state index in [0.717, 1.165) is 12.8 Å². The molecule has 0 aromatic carbocycles. The van der Waals surface area contributed by atoms with Crippen molar-refractivity contribution in [2.24, 2.45) is 5.73 Å². The van der Waals surface area contributed by atoms with Crippen LogP contribution in [-0.2, 0) is 9.53 Å². The van der Waals surface area contributed by atoms with Crippen LogP contribution >= 0.6 is 0 Å². The summed E-state index contributed by atoms with van der Waals surface area (Å²) in [6.07, 6.45) is 12.9. The number of hydrogen-bond donors (Lipinski definition) is 1. The van der Waals surface area contributed by atoms with Crippen molar-refractivity contribution in [2.45, 2.75) is 82.5 Å². The Balaban J connectivity index is 3.13. The minimum atomic E-state index is -0.469. The summed E-state index contributed by atoms with van der Waals surface area (Å²) in [5.41, 5.74) is 5.56. The summed E-state index contributed by atoms with van der Waals surface area (Å²) in [5.74, 6) is -0.267. The van der Waals surface area contributed by atoms with E-state index in [0.29, 0.717) is 11.9 Å². The predicted molar refractivity (Wildman–Crippen MR) is 82.7 cm³/mol. The number of rotatable bonds is 13. The van der Waals surface area contributed by atoms with E-state index in [2.05, 4.69) is 22.9 Å². The monoisotopic (exact) mass is 337 g/mol. The Labute approximate surface area is 126 Å². The van der Waals surface area contributed by atoms with Gasteiger partial charge in [0, 0.05) is 0 Å². The molecule has 0 spiro atoms. The van der Waals surface area contributed by atoms with Crippen molar-refractivity contribution in [3.05, 3.63) is 0 Å². The van der Waals surface area contributed by atoms with E-state index in [1.807, 2.05) is 0 Å². The molecule has 0 saturated carbocycles. The van der Waals surface area contributed by atoms with Crippen LogP contribution in [0.15, 0.2) is 0 Å². The Morgan fingerprint density at radius 3 is 1.95 bits per heavy atom. The molecule has 0 aliphatic heterocycles. The van der Waals surface area contributed by atoms with Crippen LogP contribution in [0.1, 0.15) is 71.1 Å². The topological polar surface area (TPSA) is 52.3 Å². The van der Waals surface area contributed by atoms with Gasteiger partial charge in [0.25, 0.3) is 0 Å². The molecule has 114 valence electrons. The summed E-state index contributed by atoms with van der Waals surface area (Å²) in [4.78, 5) is 11.3. The first-order valence-electron chi connectivity index (χ1n) is 7.75. The van der Waals surface area contributed by atoms with Gasteiger partial charge < -0.3 is 0 Å². The maximum absolute atomic E-state index is 11.3. The SMILES string of the molecule is CCCCCCCCCCCCOC(=O)[C@@H](N)C[SeH]. The molecule has 0 rings (SSSR count). The summed E-state index contributed by atoms with van der Waals surface area (Å²) >= 11 is 2.32. The van der Waals surface area contributed by atoms with Crippen molar-refractivity contribution >= 4 is 22.0 Å². The fourth-order valence-electron chi connectivity index (χ4n) is 1.94. The molecule has 0 saturated heterocycles. The van der Waals surface area contributed by atoms with Crippen LogP contribution in [0.2, 0.25) is 5.32 Å². The molecule has 0 fully saturated rings. The number of unbranched alkanes of at least 4 members (excludes halogenated alkanes) is 9. The van der Waals surface area contributed by atoms with Crippen LogP contribution < -0.4 is 5.73 Å². The normalized spacial score (nSPS) is 12.4. The van der Waals surface area contributed by atoms with Crippen LogP contribution in [0.5, 0.6) is 0 Å². The Bertz CT molecular complexity index is 212. The Kier molecular flexibility index (Phi) is 14.3. The zero-order valence-corrected chi connectivity index (χ0v) is 14.3. The number of carbonyl (C=O) groups is 1. The van der Waals surface area contributed by atoms with Crippen molar-refractivity contribution in [2.75, 3.05) is 6.61 Å². The molecule has 1 atom stereocenters. The van der Waals surface area contributed by atoms with Gasteiger partial charge in [-0.2, -0.15) is 0 Å². The average molecular weight is 336 g/mol. The van der Waals surface area contributed by atoms with E-state index >= 15 is 0 Å². The van der Waals surface area contributed by atoms with Crippen LogP contribution in [-0.4, -0.2) is 34.6 Å². The van der Waals surface area contributed by atoms with E-state index in [4.69, 9.17) is 10.5 Å². The molecule has 0 bridgehead atoms. The van der Waals surface area contributed by atoms with Gasteiger partial charge in [0.1, 0.15) is 0 Å². The molecule has 0 radical (unpaired) electrons. The number of esters is 1. The van der Waals surface area contributed by atoms with Crippen LogP contribution in [0.3, 0.4) is 0 Å². The van der Waals surface area contributed by atoms with Crippen LogP contribution in [0.4, 0.5) is 0 Å². The third-order valence-electron chi connectivity index (χ3n) is 3.24. The Morgan fingerprint density at radius 1 is 1.00 bits per heavy atom. The molecule has 4 heteroatoms. The second-order valence-electron chi connectivity index (χ2n) is 5.14. The number of carbonyl (C=O) groups excluding carboxylic acids is 1. The van der Waals surface area contributed by atoms with Crippen molar-refractivity contribution < 1.29 is 9.53 Å². The van der Waals surface area contributed by atoms with Crippen LogP contribution in [0.25, 0.3) is 0 Å². The Hall–Kier alpha value is -0.0505. The van der Waals surface area contributed by atoms with Crippen molar-refractivity contribution in [1.29, 1.82) is 0 Å². The van der Waals surface area contributed by atoms with E-state index in [9.17, 15) is 4.79 Å². The summed E-state index contributed by atoms with van der Waals surface area (Å²) in [6.45, 7) is 2.77. The standard InChI is InChI=1S/C15H31NO2Se/c1-2-3-4-5-6-7-8-9-10-11-12-18-15(17)14(16)13-19/h14,19H,2-13,16H2,1H3/t14-/m0/s1. The second-order valence-corrected chi connectivity index (χ2v) is 5.90. The van der Waals surface area contributed by atoms with Gasteiger partial charge in [-0.05, 0) is 0 Å². The van der Waals surface area contributed by atoms with Crippen molar-refractivity contribution in [3.63, 3.8) is 0 Å².